The van der Waals surface area contributed by atoms with E-state index in [1.165, 1.54) is 0 Å². The molecule has 1 fully saturated rings. The van der Waals surface area contributed by atoms with Crippen LogP contribution in [0.4, 0.5) is 0 Å². The SMILES string of the molecule is NCCC(=O)N1CCC(C(=O)c2ccccc2)CC1. The van der Waals surface area contributed by atoms with Gasteiger partial charge in [-0.2, -0.15) is 0 Å². The second-order valence-corrected chi connectivity index (χ2v) is 4.92. The summed E-state index contributed by atoms with van der Waals surface area (Å²) < 4.78 is 0. The molecule has 1 aromatic carbocycles. The molecular formula is C15H20N2O2. The fourth-order valence-electron chi connectivity index (χ4n) is 2.51. The fraction of sp³-hybridized carbons (Fsp3) is 0.467. The molecule has 4 heteroatoms. The largest absolute Gasteiger partial charge is 0.343 e. The van der Waals surface area contributed by atoms with Crippen LogP contribution in [0.25, 0.3) is 0 Å². The minimum atomic E-state index is 0.0457. The lowest BCUT2D eigenvalue weighted by Gasteiger charge is -2.31. The number of piperidine rings is 1. The van der Waals surface area contributed by atoms with E-state index in [-0.39, 0.29) is 17.6 Å². The van der Waals surface area contributed by atoms with Crippen molar-refractivity contribution in [2.75, 3.05) is 19.6 Å². The van der Waals surface area contributed by atoms with Crippen molar-refractivity contribution in [3.63, 3.8) is 0 Å². The molecule has 1 amide bonds. The topological polar surface area (TPSA) is 63.4 Å². The molecule has 2 rings (SSSR count). The number of hydrogen-bond acceptors (Lipinski definition) is 3. The maximum atomic E-state index is 12.3. The third-order valence-electron chi connectivity index (χ3n) is 3.63. The highest BCUT2D eigenvalue weighted by Crippen LogP contribution is 2.22. The zero-order chi connectivity index (χ0) is 13.7. The van der Waals surface area contributed by atoms with Gasteiger partial charge >= 0.3 is 0 Å². The summed E-state index contributed by atoms with van der Waals surface area (Å²) in [6.07, 6.45) is 1.91. The molecule has 0 aromatic heterocycles. The van der Waals surface area contributed by atoms with Crippen molar-refractivity contribution in [2.24, 2.45) is 11.7 Å². The Bertz CT molecular complexity index is 437. The predicted octanol–water partition coefficient (Wildman–Crippen LogP) is 1.46. The van der Waals surface area contributed by atoms with Crippen LogP contribution in [-0.4, -0.2) is 36.2 Å². The molecule has 1 heterocycles. The van der Waals surface area contributed by atoms with E-state index >= 15 is 0 Å². The maximum Gasteiger partial charge on any atom is 0.223 e. The van der Waals surface area contributed by atoms with Crippen molar-refractivity contribution in [1.82, 2.24) is 4.90 Å². The van der Waals surface area contributed by atoms with Gasteiger partial charge < -0.3 is 10.6 Å². The Morgan fingerprint density at radius 1 is 1.16 bits per heavy atom. The maximum absolute atomic E-state index is 12.3. The van der Waals surface area contributed by atoms with Crippen molar-refractivity contribution in [3.05, 3.63) is 35.9 Å². The number of nitrogens with two attached hydrogens (primary N) is 1. The normalized spacial score (nSPS) is 16.4. The van der Waals surface area contributed by atoms with Gasteiger partial charge in [0.15, 0.2) is 5.78 Å². The van der Waals surface area contributed by atoms with Crippen molar-refractivity contribution < 1.29 is 9.59 Å². The summed E-state index contributed by atoms with van der Waals surface area (Å²) in [5.41, 5.74) is 6.16. The van der Waals surface area contributed by atoms with Crippen LogP contribution in [0.5, 0.6) is 0 Å². The lowest BCUT2D eigenvalue weighted by Crippen LogP contribution is -2.40. The first-order chi connectivity index (χ1) is 9.22. The smallest absolute Gasteiger partial charge is 0.223 e. The molecule has 0 bridgehead atoms. The highest BCUT2D eigenvalue weighted by atomic mass is 16.2. The van der Waals surface area contributed by atoms with Gasteiger partial charge in [-0.25, -0.2) is 0 Å². The van der Waals surface area contributed by atoms with E-state index in [9.17, 15) is 9.59 Å². The molecule has 1 saturated heterocycles. The van der Waals surface area contributed by atoms with Crippen LogP contribution in [0.15, 0.2) is 30.3 Å². The lowest BCUT2D eigenvalue weighted by molar-refractivity contribution is -0.132. The Labute approximate surface area is 113 Å². The Kier molecular flexibility index (Phi) is 4.68. The van der Waals surface area contributed by atoms with Crippen LogP contribution in [0.3, 0.4) is 0 Å². The van der Waals surface area contributed by atoms with Gasteiger partial charge in [-0.05, 0) is 12.8 Å². The van der Waals surface area contributed by atoms with Gasteiger partial charge in [-0.15, -0.1) is 0 Å². The van der Waals surface area contributed by atoms with Gasteiger partial charge in [0.05, 0.1) is 0 Å². The van der Waals surface area contributed by atoms with Gasteiger partial charge in [0.25, 0.3) is 0 Å². The predicted molar refractivity (Wildman–Crippen MR) is 73.7 cm³/mol. The summed E-state index contributed by atoms with van der Waals surface area (Å²) >= 11 is 0. The van der Waals surface area contributed by atoms with Crippen molar-refractivity contribution in [1.29, 1.82) is 0 Å². The zero-order valence-electron chi connectivity index (χ0n) is 11.0. The number of rotatable bonds is 4. The fourth-order valence-corrected chi connectivity index (χ4v) is 2.51. The van der Waals surface area contributed by atoms with Crippen molar-refractivity contribution in [2.45, 2.75) is 19.3 Å². The summed E-state index contributed by atoms with van der Waals surface area (Å²) in [5, 5.41) is 0. The molecule has 19 heavy (non-hydrogen) atoms. The van der Waals surface area contributed by atoms with Gasteiger partial charge in [-0.3, -0.25) is 9.59 Å². The van der Waals surface area contributed by atoms with E-state index in [1.54, 1.807) is 0 Å². The quantitative estimate of drug-likeness (QED) is 0.834. The monoisotopic (exact) mass is 260 g/mol. The summed E-state index contributed by atoms with van der Waals surface area (Å²) in [7, 11) is 0. The third kappa shape index (κ3) is 3.41. The van der Waals surface area contributed by atoms with E-state index < -0.39 is 0 Å². The number of benzene rings is 1. The highest BCUT2D eigenvalue weighted by molar-refractivity contribution is 5.98. The summed E-state index contributed by atoms with van der Waals surface area (Å²) in [4.78, 5) is 25.8. The number of carbonyl (C=O) groups is 2. The number of likely N-dealkylation sites (tertiary alicyclic amines) is 1. The zero-order valence-corrected chi connectivity index (χ0v) is 11.0. The average molecular weight is 260 g/mol. The molecule has 1 aromatic rings. The van der Waals surface area contributed by atoms with Crippen LogP contribution >= 0.6 is 0 Å². The number of ketones is 1. The van der Waals surface area contributed by atoms with Crippen LogP contribution in [-0.2, 0) is 4.79 Å². The third-order valence-corrected chi connectivity index (χ3v) is 3.63. The van der Waals surface area contributed by atoms with Gasteiger partial charge in [0, 0.05) is 37.5 Å². The first-order valence-electron chi connectivity index (χ1n) is 6.79. The molecule has 0 unspecified atom stereocenters. The number of nitrogens with zero attached hydrogens (tertiary/aromatic N) is 1. The second-order valence-electron chi connectivity index (χ2n) is 4.92. The van der Waals surface area contributed by atoms with Gasteiger partial charge in [0.2, 0.25) is 5.91 Å². The summed E-state index contributed by atoms with van der Waals surface area (Å²) in [6.45, 7) is 1.73. The minimum absolute atomic E-state index is 0.0457. The lowest BCUT2D eigenvalue weighted by atomic mass is 9.89. The van der Waals surface area contributed by atoms with Crippen LogP contribution in [0, 0.1) is 5.92 Å². The minimum Gasteiger partial charge on any atom is -0.343 e. The molecule has 1 aliphatic heterocycles. The first-order valence-corrected chi connectivity index (χ1v) is 6.79. The highest BCUT2D eigenvalue weighted by Gasteiger charge is 2.27. The molecule has 0 saturated carbocycles. The van der Waals surface area contributed by atoms with Crippen molar-refractivity contribution >= 4 is 11.7 Å². The Morgan fingerprint density at radius 3 is 2.37 bits per heavy atom. The Morgan fingerprint density at radius 2 is 1.79 bits per heavy atom. The van der Waals surface area contributed by atoms with Crippen LogP contribution in [0.1, 0.15) is 29.6 Å². The van der Waals surface area contributed by atoms with Gasteiger partial charge in [0.1, 0.15) is 0 Å². The van der Waals surface area contributed by atoms with Crippen LogP contribution < -0.4 is 5.73 Å². The van der Waals surface area contributed by atoms with E-state index in [1.807, 2.05) is 35.2 Å². The second kappa shape index (κ2) is 6.48. The molecule has 0 spiro atoms. The van der Waals surface area contributed by atoms with Gasteiger partial charge in [-0.1, -0.05) is 30.3 Å². The molecule has 1 aliphatic rings. The van der Waals surface area contributed by atoms with Crippen molar-refractivity contribution in [3.8, 4) is 0 Å². The average Bonchev–Trinajstić information content (AvgIpc) is 2.48. The number of hydrogen-bond donors (Lipinski definition) is 1. The molecule has 0 aliphatic carbocycles. The van der Waals surface area contributed by atoms with Crippen LogP contribution in [0.2, 0.25) is 0 Å². The molecule has 0 atom stereocenters. The number of amides is 1. The molecule has 102 valence electrons. The Hall–Kier alpha value is -1.68. The van der Waals surface area contributed by atoms with E-state index in [2.05, 4.69) is 0 Å². The van der Waals surface area contributed by atoms with E-state index in [0.29, 0.717) is 26.1 Å². The van der Waals surface area contributed by atoms with E-state index in [0.717, 1.165) is 18.4 Å². The number of Topliss-reactive ketones (excluding diaryl/α,β-unsaturated/α-hetero) is 1. The molecule has 2 N–H and O–H groups in total. The first kappa shape index (κ1) is 13.7. The summed E-state index contributed by atoms with van der Waals surface area (Å²) in [5.74, 6) is 0.351. The summed E-state index contributed by atoms with van der Waals surface area (Å²) in [6, 6.07) is 9.38. The number of carbonyl (C=O) groups excluding carboxylic acids is 2. The molecular weight excluding hydrogens is 240 g/mol. The molecule has 4 nitrogen and oxygen atoms in total. The van der Waals surface area contributed by atoms with E-state index in [4.69, 9.17) is 5.73 Å². The molecule has 0 radical (unpaired) electrons. The Balaban J connectivity index is 1.90. The standard InChI is InChI=1S/C15H20N2O2/c16-9-6-14(18)17-10-7-13(8-11-17)15(19)12-4-2-1-3-5-12/h1-5,13H,6-11,16H2.